The van der Waals surface area contributed by atoms with Crippen molar-refractivity contribution in [3.05, 3.63) is 60.2 Å². The first-order valence-corrected chi connectivity index (χ1v) is 9.60. The van der Waals surface area contributed by atoms with Crippen molar-refractivity contribution in [2.24, 2.45) is 0 Å². The van der Waals surface area contributed by atoms with E-state index in [1.807, 2.05) is 54.3 Å². The van der Waals surface area contributed by atoms with Crippen LogP contribution in [0.25, 0.3) is 0 Å². The number of rotatable bonds is 6. The molecule has 0 spiro atoms. The highest BCUT2D eigenvalue weighted by atomic mass is 16.5. The van der Waals surface area contributed by atoms with E-state index in [9.17, 15) is 9.59 Å². The average Bonchev–Trinajstić information content (AvgIpc) is 2.73. The van der Waals surface area contributed by atoms with E-state index in [4.69, 9.17) is 4.74 Å². The molecule has 28 heavy (non-hydrogen) atoms. The topological polar surface area (TPSA) is 61.9 Å². The maximum atomic E-state index is 12.6. The molecule has 1 atom stereocenters. The second-order valence-corrected chi connectivity index (χ2v) is 7.04. The number of para-hydroxylation sites is 1. The zero-order valence-corrected chi connectivity index (χ0v) is 16.4. The zero-order chi connectivity index (χ0) is 19.9. The minimum absolute atomic E-state index is 0.0589. The summed E-state index contributed by atoms with van der Waals surface area (Å²) < 4.78 is 5.47. The summed E-state index contributed by atoms with van der Waals surface area (Å²) in [6, 6.07) is 17.1. The predicted octanol–water partition coefficient (Wildman–Crippen LogP) is 2.23. The number of nitrogens with zero attached hydrogens (tertiary/aromatic N) is 2. The maximum absolute atomic E-state index is 12.6. The van der Waals surface area contributed by atoms with Gasteiger partial charge >= 0.3 is 0 Å². The lowest BCUT2D eigenvalue weighted by molar-refractivity contribution is -0.136. The molecule has 148 valence electrons. The predicted molar refractivity (Wildman–Crippen MR) is 110 cm³/mol. The fourth-order valence-corrected chi connectivity index (χ4v) is 3.23. The minimum atomic E-state index is -0.572. The fourth-order valence-electron chi connectivity index (χ4n) is 3.23. The summed E-state index contributed by atoms with van der Waals surface area (Å²) in [5.74, 6) is 0.275. The molecule has 2 aromatic rings. The van der Waals surface area contributed by atoms with E-state index < -0.39 is 6.04 Å². The van der Waals surface area contributed by atoms with Crippen molar-refractivity contribution in [2.45, 2.75) is 19.9 Å². The highest BCUT2D eigenvalue weighted by molar-refractivity contribution is 5.88. The molecule has 1 N–H and O–H groups in total. The van der Waals surface area contributed by atoms with Crippen LogP contribution in [0.2, 0.25) is 0 Å². The van der Waals surface area contributed by atoms with Gasteiger partial charge in [0.1, 0.15) is 11.8 Å². The van der Waals surface area contributed by atoms with Crippen LogP contribution in [0.15, 0.2) is 54.6 Å². The fraction of sp³-hybridized carbons (Fsp3) is 0.364. The van der Waals surface area contributed by atoms with Gasteiger partial charge in [0.25, 0.3) is 5.91 Å². The molecule has 1 fully saturated rings. The molecule has 1 heterocycles. The lowest BCUT2D eigenvalue weighted by Gasteiger charge is -2.37. The molecule has 0 bridgehead atoms. The molecule has 2 amide bonds. The van der Waals surface area contributed by atoms with E-state index in [0.717, 1.165) is 18.7 Å². The number of carbonyl (C=O) groups is 2. The molecule has 3 rings (SSSR count). The van der Waals surface area contributed by atoms with Gasteiger partial charge in [0.2, 0.25) is 5.91 Å². The Morgan fingerprint density at radius 1 is 1.00 bits per heavy atom. The van der Waals surface area contributed by atoms with Crippen molar-refractivity contribution in [3.8, 4) is 5.75 Å². The van der Waals surface area contributed by atoms with Gasteiger partial charge in [-0.2, -0.15) is 0 Å². The quantitative estimate of drug-likeness (QED) is 0.834. The summed E-state index contributed by atoms with van der Waals surface area (Å²) in [5, 5.41) is 2.73. The first-order chi connectivity index (χ1) is 13.5. The SMILES string of the molecule is Cc1ccc(OCC(=O)N[C@@H](C)C(=O)N2CCN(c3ccccc3)CC2)cc1. The van der Waals surface area contributed by atoms with Gasteiger partial charge < -0.3 is 19.9 Å². The molecule has 2 aromatic carbocycles. The number of hydrogen-bond donors (Lipinski definition) is 1. The van der Waals surface area contributed by atoms with Crippen LogP contribution in [-0.2, 0) is 9.59 Å². The van der Waals surface area contributed by atoms with E-state index in [-0.39, 0.29) is 18.4 Å². The minimum Gasteiger partial charge on any atom is -0.484 e. The molecule has 1 saturated heterocycles. The third kappa shape index (κ3) is 5.25. The molecule has 1 aliphatic rings. The van der Waals surface area contributed by atoms with Crippen molar-refractivity contribution in [2.75, 3.05) is 37.7 Å². The van der Waals surface area contributed by atoms with Gasteiger partial charge in [-0.3, -0.25) is 9.59 Å². The summed E-state index contributed by atoms with van der Waals surface area (Å²) in [5.41, 5.74) is 2.30. The average molecular weight is 381 g/mol. The Morgan fingerprint density at radius 3 is 2.29 bits per heavy atom. The van der Waals surface area contributed by atoms with Crippen molar-refractivity contribution in [1.82, 2.24) is 10.2 Å². The smallest absolute Gasteiger partial charge is 0.258 e. The third-order valence-electron chi connectivity index (χ3n) is 4.85. The van der Waals surface area contributed by atoms with E-state index in [2.05, 4.69) is 22.3 Å². The molecular weight excluding hydrogens is 354 g/mol. The van der Waals surface area contributed by atoms with Gasteiger partial charge in [-0.15, -0.1) is 0 Å². The lowest BCUT2D eigenvalue weighted by atomic mass is 10.2. The Balaban J connectivity index is 1.43. The molecule has 0 saturated carbocycles. The van der Waals surface area contributed by atoms with Gasteiger partial charge in [-0.1, -0.05) is 35.9 Å². The molecule has 0 aromatic heterocycles. The van der Waals surface area contributed by atoms with E-state index in [1.165, 1.54) is 5.69 Å². The van der Waals surface area contributed by atoms with E-state index >= 15 is 0 Å². The summed E-state index contributed by atoms with van der Waals surface area (Å²) >= 11 is 0. The monoisotopic (exact) mass is 381 g/mol. The summed E-state index contributed by atoms with van der Waals surface area (Å²) in [6.45, 7) is 6.46. The van der Waals surface area contributed by atoms with Crippen LogP contribution >= 0.6 is 0 Å². The van der Waals surface area contributed by atoms with Crippen molar-refractivity contribution < 1.29 is 14.3 Å². The van der Waals surface area contributed by atoms with Gasteiger partial charge in [-0.05, 0) is 38.1 Å². The Labute approximate surface area is 166 Å². The van der Waals surface area contributed by atoms with Crippen LogP contribution < -0.4 is 15.0 Å². The van der Waals surface area contributed by atoms with Crippen LogP contribution in [0.4, 0.5) is 5.69 Å². The first-order valence-electron chi connectivity index (χ1n) is 9.60. The van der Waals surface area contributed by atoms with Crippen LogP contribution in [-0.4, -0.2) is 55.5 Å². The van der Waals surface area contributed by atoms with Gasteiger partial charge in [0.05, 0.1) is 0 Å². The van der Waals surface area contributed by atoms with Crippen LogP contribution in [0.1, 0.15) is 12.5 Å². The van der Waals surface area contributed by atoms with Crippen LogP contribution in [0.5, 0.6) is 5.75 Å². The molecule has 1 aliphatic heterocycles. The molecule has 6 heteroatoms. The van der Waals surface area contributed by atoms with Crippen molar-refractivity contribution in [3.63, 3.8) is 0 Å². The van der Waals surface area contributed by atoms with Gasteiger partial charge in [0, 0.05) is 31.9 Å². The number of aryl methyl sites for hydroxylation is 1. The second kappa shape index (κ2) is 9.26. The summed E-state index contributed by atoms with van der Waals surface area (Å²) in [4.78, 5) is 28.8. The van der Waals surface area contributed by atoms with Crippen molar-refractivity contribution >= 4 is 17.5 Å². The highest BCUT2D eigenvalue weighted by Gasteiger charge is 2.26. The Kier molecular flexibility index (Phi) is 6.53. The second-order valence-electron chi connectivity index (χ2n) is 7.04. The van der Waals surface area contributed by atoms with E-state index in [1.54, 1.807) is 6.92 Å². The summed E-state index contributed by atoms with van der Waals surface area (Å²) in [6.07, 6.45) is 0. The Morgan fingerprint density at radius 2 is 1.64 bits per heavy atom. The van der Waals surface area contributed by atoms with Crippen LogP contribution in [0.3, 0.4) is 0 Å². The number of benzene rings is 2. The standard InChI is InChI=1S/C22H27N3O3/c1-17-8-10-20(11-9-17)28-16-21(26)23-18(2)22(27)25-14-12-24(13-15-25)19-6-4-3-5-7-19/h3-11,18H,12-16H2,1-2H3,(H,23,26)/t18-/m0/s1. The number of nitrogens with one attached hydrogen (secondary N) is 1. The number of ether oxygens (including phenoxy) is 1. The molecule has 0 aliphatic carbocycles. The normalized spacial score (nSPS) is 15.1. The Bertz CT molecular complexity index is 784. The zero-order valence-electron chi connectivity index (χ0n) is 16.4. The third-order valence-corrected chi connectivity index (χ3v) is 4.85. The van der Waals surface area contributed by atoms with E-state index in [0.29, 0.717) is 18.8 Å². The number of hydrogen-bond acceptors (Lipinski definition) is 4. The first kappa shape index (κ1) is 19.7. The largest absolute Gasteiger partial charge is 0.484 e. The van der Waals surface area contributed by atoms with Gasteiger partial charge in [0.15, 0.2) is 6.61 Å². The number of amides is 2. The lowest BCUT2D eigenvalue weighted by Crippen LogP contribution is -2.54. The number of piperazine rings is 1. The maximum Gasteiger partial charge on any atom is 0.258 e. The molecular formula is C22H27N3O3. The summed E-state index contributed by atoms with van der Waals surface area (Å²) in [7, 11) is 0. The number of carbonyl (C=O) groups excluding carboxylic acids is 2. The molecule has 6 nitrogen and oxygen atoms in total. The molecule has 0 unspecified atom stereocenters. The Hall–Kier alpha value is -3.02. The highest BCUT2D eigenvalue weighted by Crippen LogP contribution is 2.16. The van der Waals surface area contributed by atoms with Crippen LogP contribution in [0, 0.1) is 6.92 Å². The van der Waals surface area contributed by atoms with Gasteiger partial charge in [-0.25, -0.2) is 0 Å². The molecule has 0 radical (unpaired) electrons. The number of anilines is 1. The van der Waals surface area contributed by atoms with Crippen molar-refractivity contribution in [1.29, 1.82) is 0 Å².